The zero-order valence-corrected chi connectivity index (χ0v) is 13.6. The number of rotatable bonds is 3. The summed E-state index contributed by atoms with van der Waals surface area (Å²) in [5, 5.41) is 6.78. The standard InChI is InChI=1S/C15H21N5O3/c1-9-4-12(17-18(9)3)15(23)19-7-11(8-19)20-6-10(5-13(20)21)14(22)16-2/h4,10-11H,5-8H2,1-3H3,(H,16,22). The lowest BCUT2D eigenvalue weighted by Crippen LogP contribution is -2.61. The molecular weight excluding hydrogens is 298 g/mol. The first-order valence-corrected chi connectivity index (χ1v) is 7.71. The molecule has 2 aliphatic rings. The highest BCUT2D eigenvalue weighted by Crippen LogP contribution is 2.26. The maximum absolute atomic E-state index is 12.3. The van der Waals surface area contributed by atoms with Crippen molar-refractivity contribution in [2.75, 3.05) is 26.7 Å². The van der Waals surface area contributed by atoms with E-state index in [4.69, 9.17) is 0 Å². The highest BCUT2D eigenvalue weighted by Gasteiger charge is 2.43. The van der Waals surface area contributed by atoms with Gasteiger partial charge in [-0.1, -0.05) is 0 Å². The molecule has 1 aromatic rings. The van der Waals surface area contributed by atoms with Gasteiger partial charge in [-0.2, -0.15) is 5.10 Å². The molecule has 124 valence electrons. The third kappa shape index (κ3) is 2.69. The number of amides is 3. The number of hydrogen-bond acceptors (Lipinski definition) is 4. The third-order valence-corrected chi connectivity index (χ3v) is 4.70. The van der Waals surface area contributed by atoms with E-state index in [0.717, 1.165) is 5.69 Å². The molecule has 0 bridgehead atoms. The van der Waals surface area contributed by atoms with Gasteiger partial charge in [0.2, 0.25) is 11.8 Å². The third-order valence-electron chi connectivity index (χ3n) is 4.70. The van der Waals surface area contributed by atoms with Crippen LogP contribution in [0.5, 0.6) is 0 Å². The second kappa shape index (κ2) is 5.68. The van der Waals surface area contributed by atoms with E-state index >= 15 is 0 Å². The first kappa shape index (κ1) is 15.5. The van der Waals surface area contributed by atoms with Gasteiger partial charge in [-0.15, -0.1) is 0 Å². The SMILES string of the molecule is CNC(=O)C1CC(=O)N(C2CN(C(=O)c3cc(C)n(C)n3)C2)C1. The monoisotopic (exact) mass is 319 g/mol. The molecule has 1 atom stereocenters. The summed E-state index contributed by atoms with van der Waals surface area (Å²) in [5.74, 6) is -0.503. The fraction of sp³-hybridized carbons (Fsp3) is 0.600. The molecule has 1 N–H and O–H groups in total. The van der Waals surface area contributed by atoms with Gasteiger partial charge >= 0.3 is 0 Å². The lowest BCUT2D eigenvalue weighted by Gasteiger charge is -2.43. The van der Waals surface area contributed by atoms with Gasteiger partial charge in [0.25, 0.3) is 5.91 Å². The molecular formula is C15H21N5O3. The number of carbonyl (C=O) groups is 3. The molecule has 23 heavy (non-hydrogen) atoms. The molecule has 2 fully saturated rings. The summed E-state index contributed by atoms with van der Waals surface area (Å²) in [5.41, 5.74) is 1.35. The summed E-state index contributed by atoms with van der Waals surface area (Å²) in [6.45, 7) is 3.33. The Balaban J connectivity index is 1.58. The van der Waals surface area contributed by atoms with Crippen LogP contribution in [0, 0.1) is 12.8 Å². The highest BCUT2D eigenvalue weighted by molar-refractivity contribution is 5.93. The summed E-state index contributed by atoms with van der Waals surface area (Å²) in [4.78, 5) is 39.5. The molecule has 8 heteroatoms. The molecule has 0 aliphatic carbocycles. The van der Waals surface area contributed by atoms with Crippen LogP contribution in [0.25, 0.3) is 0 Å². The van der Waals surface area contributed by atoms with Crippen molar-refractivity contribution in [2.45, 2.75) is 19.4 Å². The van der Waals surface area contributed by atoms with Gasteiger partial charge in [-0.25, -0.2) is 0 Å². The number of hydrogen-bond donors (Lipinski definition) is 1. The molecule has 3 amide bonds. The van der Waals surface area contributed by atoms with Crippen molar-refractivity contribution in [3.8, 4) is 0 Å². The van der Waals surface area contributed by atoms with E-state index in [0.29, 0.717) is 25.3 Å². The Hall–Kier alpha value is -2.38. The van der Waals surface area contributed by atoms with E-state index < -0.39 is 0 Å². The molecule has 2 saturated heterocycles. The Morgan fingerprint density at radius 2 is 2.00 bits per heavy atom. The smallest absolute Gasteiger partial charge is 0.274 e. The Morgan fingerprint density at radius 1 is 1.30 bits per heavy atom. The first-order valence-electron chi connectivity index (χ1n) is 7.71. The van der Waals surface area contributed by atoms with Crippen LogP contribution in [0.15, 0.2) is 6.07 Å². The number of aromatic nitrogens is 2. The van der Waals surface area contributed by atoms with Crippen LogP contribution in [0.2, 0.25) is 0 Å². The molecule has 8 nitrogen and oxygen atoms in total. The van der Waals surface area contributed by atoms with Crippen LogP contribution < -0.4 is 5.32 Å². The number of carbonyl (C=O) groups excluding carboxylic acids is 3. The van der Waals surface area contributed by atoms with Gasteiger partial charge < -0.3 is 15.1 Å². The van der Waals surface area contributed by atoms with Gasteiger partial charge in [0.1, 0.15) is 0 Å². The van der Waals surface area contributed by atoms with Gasteiger partial charge in [-0.3, -0.25) is 19.1 Å². The van der Waals surface area contributed by atoms with Crippen LogP contribution in [-0.2, 0) is 16.6 Å². The van der Waals surface area contributed by atoms with Gasteiger partial charge in [0.15, 0.2) is 5.69 Å². The number of nitrogens with zero attached hydrogens (tertiary/aromatic N) is 4. The van der Waals surface area contributed by atoms with E-state index in [2.05, 4.69) is 10.4 Å². The zero-order chi connectivity index (χ0) is 16.7. The van der Waals surface area contributed by atoms with Gasteiger partial charge in [-0.05, 0) is 13.0 Å². The number of nitrogens with one attached hydrogen (secondary N) is 1. The lowest BCUT2D eigenvalue weighted by molar-refractivity contribution is -0.132. The number of aryl methyl sites for hydroxylation is 2. The predicted molar refractivity (Wildman–Crippen MR) is 81.5 cm³/mol. The predicted octanol–water partition coefficient (Wildman–Crippen LogP) is -0.853. The fourth-order valence-electron chi connectivity index (χ4n) is 3.11. The zero-order valence-electron chi connectivity index (χ0n) is 13.6. The van der Waals surface area contributed by atoms with Crippen molar-refractivity contribution >= 4 is 17.7 Å². The van der Waals surface area contributed by atoms with Crippen molar-refractivity contribution < 1.29 is 14.4 Å². The fourth-order valence-corrected chi connectivity index (χ4v) is 3.11. The van der Waals surface area contributed by atoms with E-state index in [1.807, 2.05) is 6.92 Å². The Kier molecular flexibility index (Phi) is 3.83. The molecule has 3 rings (SSSR count). The minimum atomic E-state index is -0.282. The maximum atomic E-state index is 12.3. The van der Waals surface area contributed by atoms with Crippen molar-refractivity contribution in [3.05, 3.63) is 17.5 Å². The first-order chi connectivity index (χ1) is 10.9. The van der Waals surface area contributed by atoms with Crippen molar-refractivity contribution in [3.63, 3.8) is 0 Å². The van der Waals surface area contributed by atoms with Crippen molar-refractivity contribution in [1.82, 2.24) is 24.9 Å². The molecule has 3 heterocycles. The lowest BCUT2D eigenvalue weighted by atomic mass is 10.1. The quantitative estimate of drug-likeness (QED) is 0.786. The minimum absolute atomic E-state index is 0.00548. The summed E-state index contributed by atoms with van der Waals surface area (Å²) >= 11 is 0. The van der Waals surface area contributed by atoms with E-state index in [9.17, 15) is 14.4 Å². The molecule has 1 unspecified atom stereocenters. The highest BCUT2D eigenvalue weighted by atomic mass is 16.2. The normalized spacial score (nSPS) is 21.5. The maximum Gasteiger partial charge on any atom is 0.274 e. The Bertz CT molecular complexity index is 643. The molecule has 2 aliphatic heterocycles. The van der Waals surface area contributed by atoms with E-state index in [1.165, 1.54) is 0 Å². The summed E-state index contributed by atoms with van der Waals surface area (Å²) in [6, 6.07) is 1.77. The molecule has 1 aromatic heterocycles. The molecule has 0 saturated carbocycles. The second-order valence-corrected chi connectivity index (χ2v) is 6.22. The molecule has 0 aromatic carbocycles. The Morgan fingerprint density at radius 3 is 2.57 bits per heavy atom. The van der Waals surface area contributed by atoms with Gasteiger partial charge in [0.05, 0.1) is 12.0 Å². The average Bonchev–Trinajstić information content (AvgIpc) is 3.01. The average molecular weight is 319 g/mol. The molecule has 0 radical (unpaired) electrons. The van der Waals surface area contributed by atoms with Crippen LogP contribution in [0.4, 0.5) is 0 Å². The van der Waals surface area contributed by atoms with Crippen LogP contribution >= 0.6 is 0 Å². The largest absolute Gasteiger partial charge is 0.359 e. The summed E-state index contributed by atoms with van der Waals surface area (Å²) in [7, 11) is 3.38. The van der Waals surface area contributed by atoms with Crippen LogP contribution in [0.1, 0.15) is 22.6 Å². The number of likely N-dealkylation sites (tertiary alicyclic amines) is 2. The minimum Gasteiger partial charge on any atom is -0.359 e. The van der Waals surface area contributed by atoms with E-state index in [-0.39, 0.29) is 36.1 Å². The topological polar surface area (TPSA) is 87.5 Å². The van der Waals surface area contributed by atoms with Gasteiger partial charge in [0, 0.05) is 45.8 Å². The van der Waals surface area contributed by atoms with Crippen molar-refractivity contribution in [2.24, 2.45) is 13.0 Å². The molecule has 0 spiro atoms. The second-order valence-electron chi connectivity index (χ2n) is 6.22. The van der Waals surface area contributed by atoms with Crippen LogP contribution in [-0.4, -0.2) is 70.0 Å². The van der Waals surface area contributed by atoms with Crippen LogP contribution in [0.3, 0.4) is 0 Å². The van der Waals surface area contributed by atoms with Crippen molar-refractivity contribution in [1.29, 1.82) is 0 Å². The Labute approximate surface area is 134 Å². The van der Waals surface area contributed by atoms with E-state index in [1.54, 1.807) is 34.6 Å². The summed E-state index contributed by atoms with van der Waals surface area (Å²) in [6.07, 6.45) is 0.254. The summed E-state index contributed by atoms with van der Waals surface area (Å²) < 4.78 is 1.67.